The molecule has 25 heavy (non-hydrogen) atoms. The molecule has 0 bridgehead atoms. The minimum absolute atomic E-state index is 0.0811. The van der Waals surface area contributed by atoms with E-state index in [1.807, 2.05) is 6.92 Å². The van der Waals surface area contributed by atoms with Gasteiger partial charge < -0.3 is 14.8 Å². The molecule has 8 heteroatoms. The van der Waals surface area contributed by atoms with Crippen molar-refractivity contribution in [3.05, 3.63) is 12.2 Å². The zero-order valence-corrected chi connectivity index (χ0v) is 15.4. The SMILES string of the molecule is CCC(C=CC(=O)OC)NC(=O)C1CC(F)CN1C(=O)OC(C)(C)C. The van der Waals surface area contributed by atoms with Crippen LogP contribution in [0.2, 0.25) is 0 Å². The van der Waals surface area contributed by atoms with Gasteiger partial charge in [-0.15, -0.1) is 0 Å². The lowest BCUT2D eigenvalue weighted by Crippen LogP contribution is -2.49. The molecule has 3 atom stereocenters. The fourth-order valence-corrected chi connectivity index (χ4v) is 2.38. The fourth-order valence-electron chi connectivity index (χ4n) is 2.38. The van der Waals surface area contributed by atoms with Gasteiger partial charge in [-0.3, -0.25) is 9.69 Å². The molecule has 1 fully saturated rings. The number of hydrogen-bond acceptors (Lipinski definition) is 5. The summed E-state index contributed by atoms with van der Waals surface area (Å²) in [6, 6.07) is -1.36. The largest absolute Gasteiger partial charge is 0.466 e. The van der Waals surface area contributed by atoms with E-state index in [4.69, 9.17) is 4.74 Å². The molecule has 0 aromatic carbocycles. The first-order valence-corrected chi connectivity index (χ1v) is 8.27. The fraction of sp³-hybridized carbons (Fsp3) is 0.706. The molecule has 7 nitrogen and oxygen atoms in total. The molecule has 0 aliphatic carbocycles. The van der Waals surface area contributed by atoms with Crippen molar-refractivity contribution < 1.29 is 28.2 Å². The van der Waals surface area contributed by atoms with Crippen molar-refractivity contribution >= 4 is 18.0 Å². The number of carbonyl (C=O) groups is 3. The summed E-state index contributed by atoms with van der Waals surface area (Å²) >= 11 is 0. The van der Waals surface area contributed by atoms with E-state index >= 15 is 0 Å². The number of nitrogens with zero attached hydrogens (tertiary/aromatic N) is 1. The van der Waals surface area contributed by atoms with Crippen LogP contribution in [-0.4, -0.2) is 60.4 Å². The maximum atomic E-state index is 13.8. The molecule has 142 valence electrons. The summed E-state index contributed by atoms with van der Waals surface area (Å²) in [6.07, 6.45) is 1.16. The summed E-state index contributed by atoms with van der Waals surface area (Å²) in [5, 5.41) is 2.71. The zero-order chi connectivity index (χ0) is 19.2. The van der Waals surface area contributed by atoms with Gasteiger partial charge in [0.15, 0.2) is 0 Å². The molecular weight excluding hydrogens is 331 g/mol. The molecule has 2 amide bonds. The van der Waals surface area contributed by atoms with E-state index in [1.54, 1.807) is 20.8 Å². The summed E-state index contributed by atoms with van der Waals surface area (Å²) < 4.78 is 23.5. The van der Waals surface area contributed by atoms with E-state index in [2.05, 4.69) is 10.1 Å². The topological polar surface area (TPSA) is 84.9 Å². The van der Waals surface area contributed by atoms with Crippen LogP contribution in [0.3, 0.4) is 0 Å². The van der Waals surface area contributed by atoms with Gasteiger partial charge in [-0.2, -0.15) is 0 Å². The number of alkyl halides is 1. The highest BCUT2D eigenvalue weighted by atomic mass is 19.1. The minimum atomic E-state index is -1.28. The van der Waals surface area contributed by atoms with Crippen molar-refractivity contribution in [2.45, 2.75) is 64.4 Å². The number of ether oxygens (including phenoxy) is 2. The maximum Gasteiger partial charge on any atom is 0.411 e. The third-order valence-electron chi connectivity index (χ3n) is 3.61. The molecule has 0 spiro atoms. The van der Waals surface area contributed by atoms with Gasteiger partial charge in [0.05, 0.1) is 13.7 Å². The number of esters is 1. The van der Waals surface area contributed by atoms with Crippen LogP contribution < -0.4 is 5.32 Å². The number of carbonyl (C=O) groups excluding carboxylic acids is 3. The Morgan fingerprint density at radius 3 is 2.52 bits per heavy atom. The third-order valence-corrected chi connectivity index (χ3v) is 3.61. The number of rotatable bonds is 5. The van der Waals surface area contributed by atoms with Crippen LogP contribution >= 0.6 is 0 Å². The number of amides is 2. The lowest BCUT2D eigenvalue weighted by Gasteiger charge is -2.28. The Balaban J connectivity index is 2.78. The van der Waals surface area contributed by atoms with Crippen molar-refractivity contribution in [2.24, 2.45) is 0 Å². The number of hydrogen-bond donors (Lipinski definition) is 1. The van der Waals surface area contributed by atoms with Crippen LogP contribution in [0.5, 0.6) is 0 Å². The van der Waals surface area contributed by atoms with E-state index in [-0.39, 0.29) is 13.0 Å². The van der Waals surface area contributed by atoms with Gasteiger partial charge in [0.1, 0.15) is 17.8 Å². The Labute approximate surface area is 147 Å². The molecule has 1 heterocycles. The molecule has 1 aliphatic heterocycles. The molecule has 0 radical (unpaired) electrons. The Bertz CT molecular complexity index is 530. The van der Waals surface area contributed by atoms with E-state index in [0.717, 1.165) is 4.90 Å². The number of methoxy groups -OCH3 is 1. The molecule has 0 aromatic rings. The maximum absolute atomic E-state index is 13.8. The summed E-state index contributed by atoms with van der Waals surface area (Å²) in [7, 11) is 1.25. The number of halogens is 1. The van der Waals surface area contributed by atoms with Gasteiger partial charge in [0.25, 0.3) is 0 Å². The van der Waals surface area contributed by atoms with Gasteiger partial charge in [-0.25, -0.2) is 14.0 Å². The van der Waals surface area contributed by atoms with E-state index in [1.165, 1.54) is 19.3 Å². The Morgan fingerprint density at radius 1 is 1.36 bits per heavy atom. The highest BCUT2D eigenvalue weighted by molar-refractivity contribution is 5.87. The standard InChI is InChI=1S/C17H27FN2O5/c1-6-12(7-8-14(21)24-5)19-15(22)13-9-11(18)10-20(13)16(23)25-17(2,3)4/h7-8,11-13H,6,9-10H2,1-5H3,(H,19,22). The molecule has 1 rings (SSSR count). The lowest BCUT2D eigenvalue weighted by atomic mass is 10.1. The molecule has 1 aliphatic rings. The van der Waals surface area contributed by atoms with Crippen LogP contribution in [0.1, 0.15) is 40.5 Å². The second-order valence-electron chi connectivity index (χ2n) is 6.89. The van der Waals surface area contributed by atoms with E-state index in [9.17, 15) is 18.8 Å². The van der Waals surface area contributed by atoms with Crippen LogP contribution in [-0.2, 0) is 19.1 Å². The average molecular weight is 358 g/mol. The molecule has 1 saturated heterocycles. The van der Waals surface area contributed by atoms with Crippen LogP contribution in [0.15, 0.2) is 12.2 Å². The predicted octanol–water partition coefficient (Wildman–Crippen LogP) is 1.96. The molecular formula is C17H27FN2O5. The smallest absolute Gasteiger partial charge is 0.411 e. The first-order chi connectivity index (χ1) is 11.6. The number of nitrogens with one attached hydrogen (secondary N) is 1. The van der Waals surface area contributed by atoms with Crippen molar-refractivity contribution in [1.82, 2.24) is 10.2 Å². The molecule has 3 unspecified atom stereocenters. The Kier molecular flexibility index (Phi) is 7.38. The highest BCUT2D eigenvalue weighted by Crippen LogP contribution is 2.23. The van der Waals surface area contributed by atoms with Gasteiger partial charge in [-0.05, 0) is 27.2 Å². The second kappa shape index (κ2) is 8.82. The van der Waals surface area contributed by atoms with Gasteiger partial charge in [0.2, 0.25) is 5.91 Å². The summed E-state index contributed by atoms with van der Waals surface area (Å²) in [4.78, 5) is 37.0. The normalized spacial score (nSPS) is 21.9. The Hall–Kier alpha value is -2.12. The molecule has 0 saturated carbocycles. The van der Waals surface area contributed by atoms with Crippen LogP contribution in [0, 0.1) is 0 Å². The van der Waals surface area contributed by atoms with E-state index < -0.39 is 41.8 Å². The highest BCUT2D eigenvalue weighted by Gasteiger charge is 2.41. The van der Waals surface area contributed by atoms with Gasteiger partial charge in [0, 0.05) is 18.5 Å². The summed E-state index contributed by atoms with van der Waals surface area (Å²) in [5.74, 6) is -1.01. The van der Waals surface area contributed by atoms with Gasteiger partial charge >= 0.3 is 12.1 Å². The van der Waals surface area contributed by atoms with Crippen molar-refractivity contribution in [3.63, 3.8) is 0 Å². The molecule has 1 N–H and O–H groups in total. The van der Waals surface area contributed by atoms with Crippen molar-refractivity contribution in [2.75, 3.05) is 13.7 Å². The molecule has 0 aromatic heterocycles. The second-order valence-corrected chi connectivity index (χ2v) is 6.89. The first-order valence-electron chi connectivity index (χ1n) is 8.27. The minimum Gasteiger partial charge on any atom is -0.466 e. The van der Waals surface area contributed by atoms with Crippen molar-refractivity contribution in [1.29, 1.82) is 0 Å². The average Bonchev–Trinajstić information content (AvgIpc) is 2.91. The Morgan fingerprint density at radius 2 is 2.00 bits per heavy atom. The van der Waals surface area contributed by atoms with Crippen LogP contribution in [0.25, 0.3) is 0 Å². The summed E-state index contributed by atoms with van der Waals surface area (Å²) in [5.41, 5.74) is -0.734. The summed E-state index contributed by atoms with van der Waals surface area (Å²) in [6.45, 7) is 6.75. The monoisotopic (exact) mass is 358 g/mol. The van der Waals surface area contributed by atoms with Gasteiger partial charge in [-0.1, -0.05) is 13.0 Å². The van der Waals surface area contributed by atoms with Crippen molar-refractivity contribution in [3.8, 4) is 0 Å². The predicted molar refractivity (Wildman–Crippen MR) is 89.6 cm³/mol. The zero-order valence-electron chi connectivity index (χ0n) is 15.4. The number of likely N-dealkylation sites (tertiary alicyclic amines) is 1. The lowest BCUT2D eigenvalue weighted by molar-refractivity contribution is -0.135. The third kappa shape index (κ3) is 6.72. The van der Waals surface area contributed by atoms with Crippen LogP contribution in [0.4, 0.5) is 9.18 Å². The quantitative estimate of drug-likeness (QED) is 0.600. The first kappa shape index (κ1) is 20.9. The van der Waals surface area contributed by atoms with E-state index in [0.29, 0.717) is 6.42 Å².